The van der Waals surface area contributed by atoms with E-state index in [-0.39, 0.29) is 11.9 Å². The summed E-state index contributed by atoms with van der Waals surface area (Å²) in [7, 11) is 0. The lowest BCUT2D eigenvalue weighted by Gasteiger charge is -2.38. The Morgan fingerprint density at radius 3 is 2.65 bits per heavy atom. The standard InChI is InChI=1S/C18H24N4O/c1-13-8-10-21(17(11-13)12-19)18(23)15-3-5-16(6-4-15)22-14(2)7-9-20-22/h3-7,9,13,17H,8,10-12,19H2,1-2H3. The van der Waals surface area contributed by atoms with Crippen molar-refractivity contribution < 1.29 is 4.79 Å². The first kappa shape index (κ1) is 15.7. The maximum atomic E-state index is 12.8. The molecule has 1 saturated heterocycles. The number of amides is 1. The Morgan fingerprint density at radius 2 is 2.04 bits per heavy atom. The van der Waals surface area contributed by atoms with Gasteiger partial charge in [-0.05, 0) is 56.0 Å². The molecular weight excluding hydrogens is 288 g/mol. The van der Waals surface area contributed by atoms with E-state index in [0.29, 0.717) is 18.0 Å². The number of benzene rings is 1. The van der Waals surface area contributed by atoms with Crippen molar-refractivity contribution in [2.24, 2.45) is 11.7 Å². The first-order valence-electron chi connectivity index (χ1n) is 8.22. The molecule has 5 heteroatoms. The molecule has 1 fully saturated rings. The molecule has 2 N–H and O–H groups in total. The van der Waals surface area contributed by atoms with Crippen LogP contribution in [-0.2, 0) is 0 Å². The number of rotatable bonds is 3. The summed E-state index contributed by atoms with van der Waals surface area (Å²) in [6, 6.07) is 9.75. The van der Waals surface area contributed by atoms with Crippen LogP contribution < -0.4 is 5.73 Å². The Labute approximate surface area is 137 Å². The van der Waals surface area contributed by atoms with Crippen molar-refractivity contribution in [3.63, 3.8) is 0 Å². The van der Waals surface area contributed by atoms with Crippen molar-refractivity contribution in [1.82, 2.24) is 14.7 Å². The number of hydrogen-bond acceptors (Lipinski definition) is 3. The van der Waals surface area contributed by atoms with E-state index < -0.39 is 0 Å². The predicted octanol–water partition coefficient (Wildman–Crippen LogP) is 2.38. The highest BCUT2D eigenvalue weighted by atomic mass is 16.2. The van der Waals surface area contributed by atoms with Crippen molar-refractivity contribution in [3.05, 3.63) is 47.8 Å². The molecule has 2 aromatic rings. The minimum atomic E-state index is 0.0797. The molecule has 2 heterocycles. The number of nitrogens with zero attached hydrogens (tertiary/aromatic N) is 3. The summed E-state index contributed by atoms with van der Waals surface area (Å²) < 4.78 is 1.86. The Morgan fingerprint density at radius 1 is 1.30 bits per heavy atom. The molecule has 1 aromatic heterocycles. The molecule has 2 atom stereocenters. The van der Waals surface area contributed by atoms with Gasteiger partial charge in [0, 0.05) is 36.6 Å². The first-order chi connectivity index (χ1) is 11.1. The molecule has 2 unspecified atom stereocenters. The number of carbonyl (C=O) groups excluding carboxylic acids is 1. The van der Waals surface area contributed by atoms with Crippen LogP contribution in [0.25, 0.3) is 5.69 Å². The van der Waals surface area contributed by atoms with Crippen molar-refractivity contribution in [1.29, 1.82) is 0 Å². The molecule has 0 bridgehead atoms. The fraction of sp³-hybridized carbons (Fsp3) is 0.444. The molecule has 0 saturated carbocycles. The van der Waals surface area contributed by atoms with Gasteiger partial charge >= 0.3 is 0 Å². The lowest BCUT2D eigenvalue weighted by atomic mass is 9.92. The average molecular weight is 312 g/mol. The van der Waals surface area contributed by atoms with Gasteiger partial charge in [-0.2, -0.15) is 5.10 Å². The van der Waals surface area contributed by atoms with Crippen LogP contribution in [0.15, 0.2) is 36.5 Å². The number of piperidine rings is 1. The van der Waals surface area contributed by atoms with E-state index in [9.17, 15) is 4.79 Å². The van der Waals surface area contributed by atoms with E-state index in [2.05, 4.69) is 12.0 Å². The van der Waals surface area contributed by atoms with Gasteiger partial charge in [0.25, 0.3) is 5.91 Å². The van der Waals surface area contributed by atoms with Crippen LogP contribution in [0, 0.1) is 12.8 Å². The zero-order chi connectivity index (χ0) is 16.4. The molecule has 0 aliphatic carbocycles. The van der Waals surface area contributed by atoms with Gasteiger partial charge in [0.15, 0.2) is 0 Å². The molecule has 1 amide bonds. The third kappa shape index (κ3) is 3.15. The molecule has 5 nitrogen and oxygen atoms in total. The molecule has 1 aliphatic heterocycles. The van der Waals surface area contributed by atoms with Gasteiger partial charge in [0.2, 0.25) is 0 Å². The second-order valence-electron chi connectivity index (χ2n) is 6.45. The molecule has 122 valence electrons. The zero-order valence-corrected chi connectivity index (χ0v) is 13.8. The van der Waals surface area contributed by atoms with Gasteiger partial charge < -0.3 is 10.6 Å². The number of nitrogens with two attached hydrogens (primary N) is 1. The normalized spacial score (nSPS) is 21.4. The van der Waals surface area contributed by atoms with Crippen molar-refractivity contribution in [2.45, 2.75) is 32.7 Å². The van der Waals surface area contributed by atoms with E-state index in [4.69, 9.17) is 5.73 Å². The fourth-order valence-electron chi connectivity index (χ4n) is 3.29. The van der Waals surface area contributed by atoms with Gasteiger partial charge in [0.05, 0.1) is 5.69 Å². The highest BCUT2D eigenvalue weighted by molar-refractivity contribution is 5.94. The van der Waals surface area contributed by atoms with Crippen molar-refractivity contribution in [2.75, 3.05) is 13.1 Å². The van der Waals surface area contributed by atoms with E-state index in [1.165, 1.54) is 0 Å². The van der Waals surface area contributed by atoms with E-state index >= 15 is 0 Å². The summed E-state index contributed by atoms with van der Waals surface area (Å²) in [6.45, 7) is 5.56. The van der Waals surface area contributed by atoms with Gasteiger partial charge in [-0.1, -0.05) is 6.92 Å². The van der Waals surface area contributed by atoms with Crippen LogP contribution in [0.3, 0.4) is 0 Å². The third-order valence-corrected chi connectivity index (χ3v) is 4.70. The summed E-state index contributed by atoms with van der Waals surface area (Å²) in [5.41, 5.74) is 8.62. The van der Waals surface area contributed by atoms with Crippen LogP contribution in [0.1, 0.15) is 35.8 Å². The van der Waals surface area contributed by atoms with Crippen molar-refractivity contribution in [3.8, 4) is 5.69 Å². The molecule has 0 radical (unpaired) electrons. The quantitative estimate of drug-likeness (QED) is 0.946. The molecule has 3 rings (SSSR count). The van der Waals surface area contributed by atoms with Gasteiger partial charge in [-0.3, -0.25) is 4.79 Å². The summed E-state index contributed by atoms with van der Waals surface area (Å²) in [5.74, 6) is 0.717. The van der Waals surface area contributed by atoms with Crippen LogP contribution >= 0.6 is 0 Å². The maximum absolute atomic E-state index is 12.8. The topological polar surface area (TPSA) is 64.2 Å². The number of aromatic nitrogens is 2. The van der Waals surface area contributed by atoms with Crippen molar-refractivity contribution >= 4 is 5.91 Å². The second-order valence-corrected chi connectivity index (χ2v) is 6.45. The monoisotopic (exact) mass is 312 g/mol. The number of carbonyl (C=O) groups is 1. The Hall–Kier alpha value is -2.14. The SMILES string of the molecule is Cc1ccnn1-c1ccc(C(=O)N2CCC(C)CC2CN)cc1. The summed E-state index contributed by atoms with van der Waals surface area (Å²) in [5, 5.41) is 4.29. The van der Waals surface area contributed by atoms with Crippen LogP contribution in [-0.4, -0.2) is 39.7 Å². The Kier molecular flexibility index (Phi) is 4.48. The highest BCUT2D eigenvalue weighted by Crippen LogP contribution is 2.24. The highest BCUT2D eigenvalue weighted by Gasteiger charge is 2.29. The summed E-state index contributed by atoms with van der Waals surface area (Å²) in [6.07, 6.45) is 3.81. The molecule has 1 aromatic carbocycles. The lowest BCUT2D eigenvalue weighted by Crippen LogP contribution is -2.49. The molecular formula is C18H24N4O. The fourth-order valence-corrected chi connectivity index (χ4v) is 3.29. The molecule has 0 spiro atoms. The molecule has 1 aliphatic rings. The summed E-state index contributed by atoms with van der Waals surface area (Å²) in [4.78, 5) is 14.7. The van der Waals surface area contributed by atoms with Gasteiger partial charge in [-0.15, -0.1) is 0 Å². The Bertz CT molecular complexity index is 677. The largest absolute Gasteiger partial charge is 0.334 e. The van der Waals surface area contributed by atoms with Gasteiger partial charge in [0.1, 0.15) is 0 Å². The molecule has 23 heavy (non-hydrogen) atoms. The summed E-state index contributed by atoms with van der Waals surface area (Å²) >= 11 is 0. The number of hydrogen-bond donors (Lipinski definition) is 1. The van der Waals surface area contributed by atoms with Crippen LogP contribution in [0.5, 0.6) is 0 Å². The maximum Gasteiger partial charge on any atom is 0.254 e. The third-order valence-electron chi connectivity index (χ3n) is 4.70. The van der Waals surface area contributed by atoms with E-state index in [1.54, 1.807) is 6.20 Å². The lowest BCUT2D eigenvalue weighted by molar-refractivity contribution is 0.0573. The van der Waals surface area contributed by atoms with Gasteiger partial charge in [-0.25, -0.2) is 4.68 Å². The Balaban J connectivity index is 1.79. The number of likely N-dealkylation sites (tertiary alicyclic amines) is 1. The van der Waals surface area contributed by atoms with E-state index in [1.807, 2.05) is 46.8 Å². The minimum Gasteiger partial charge on any atom is -0.334 e. The predicted molar refractivity (Wildman–Crippen MR) is 90.6 cm³/mol. The smallest absolute Gasteiger partial charge is 0.254 e. The number of aryl methyl sites for hydroxylation is 1. The minimum absolute atomic E-state index is 0.0797. The van der Waals surface area contributed by atoms with Crippen LogP contribution in [0.4, 0.5) is 0 Å². The zero-order valence-electron chi connectivity index (χ0n) is 13.8. The van der Waals surface area contributed by atoms with Crippen LogP contribution in [0.2, 0.25) is 0 Å². The van der Waals surface area contributed by atoms with E-state index in [0.717, 1.165) is 30.8 Å². The second kappa shape index (κ2) is 6.54. The average Bonchev–Trinajstić information content (AvgIpc) is 3.00. The first-order valence-corrected chi connectivity index (χ1v) is 8.22.